The Balaban J connectivity index is 0.00000341. The molecule has 3 rings (SSSR count). The molecule has 4 N–H and O–H groups in total. The summed E-state index contributed by atoms with van der Waals surface area (Å²) in [7, 11) is 3.17. The largest absolute Gasteiger partial charge is 0.497 e. The molecule has 0 spiro atoms. The third-order valence-corrected chi connectivity index (χ3v) is 4.89. The molecule has 1 heterocycles. The van der Waals surface area contributed by atoms with Gasteiger partial charge in [-0.2, -0.15) is 0 Å². The molecular formula is C23H31IN4O3. The highest BCUT2D eigenvalue weighted by atomic mass is 127. The molecule has 0 radical (unpaired) electrons. The van der Waals surface area contributed by atoms with Crippen molar-refractivity contribution < 1.29 is 14.6 Å². The van der Waals surface area contributed by atoms with Crippen LogP contribution in [-0.2, 0) is 6.42 Å². The van der Waals surface area contributed by atoms with Crippen LogP contribution in [0.25, 0.3) is 10.9 Å². The summed E-state index contributed by atoms with van der Waals surface area (Å²) >= 11 is 0. The Hall–Kier alpha value is -2.46. The number of hydrogen-bond donors (Lipinski definition) is 4. The highest BCUT2D eigenvalue weighted by Crippen LogP contribution is 2.26. The lowest BCUT2D eigenvalue weighted by Crippen LogP contribution is -2.38. The highest BCUT2D eigenvalue weighted by molar-refractivity contribution is 14.0. The molecule has 168 valence electrons. The van der Waals surface area contributed by atoms with E-state index in [2.05, 4.69) is 38.9 Å². The number of nitrogens with zero attached hydrogens (tertiary/aromatic N) is 1. The maximum atomic E-state index is 10.6. The van der Waals surface area contributed by atoms with E-state index in [1.807, 2.05) is 19.1 Å². The summed E-state index contributed by atoms with van der Waals surface area (Å²) in [5.74, 6) is 1.94. The Morgan fingerprint density at radius 2 is 1.81 bits per heavy atom. The molecule has 3 aromatic rings. The zero-order valence-electron chi connectivity index (χ0n) is 18.1. The molecule has 0 saturated heterocycles. The number of fused-ring (bicyclic) bond motifs is 1. The lowest BCUT2D eigenvalue weighted by atomic mass is 10.1. The second kappa shape index (κ2) is 12.4. The van der Waals surface area contributed by atoms with Crippen molar-refractivity contribution in [1.29, 1.82) is 0 Å². The normalized spacial score (nSPS) is 12.2. The van der Waals surface area contributed by atoms with Crippen molar-refractivity contribution in [2.24, 2.45) is 4.99 Å². The second-order valence-corrected chi connectivity index (χ2v) is 6.92. The van der Waals surface area contributed by atoms with E-state index in [9.17, 15) is 5.11 Å². The number of hydrogen-bond acceptors (Lipinski definition) is 4. The number of methoxy groups -OCH3 is 2. The molecule has 0 saturated carbocycles. The van der Waals surface area contributed by atoms with Gasteiger partial charge in [-0.1, -0.05) is 18.2 Å². The van der Waals surface area contributed by atoms with E-state index >= 15 is 0 Å². The lowest BCUT2D eigenvalue weighted by Gasteiger charge is -2.15. The standard InChI is InChI=1S/C23H30N4O3.HI/c1-4-24-23(25-10-9-16-14-26-21-8-6-5-7-20(16)21)27-15-22(28)17-11-18(29-2)13-19(12-17)30-3;/h5-8,11-14,22,26,28H,4,9-10,15H2,1-3H3,(H2,24,25,27);1H. The summed E-state index contributed by atoms with van der Waals surface area (Å²) in [4.78, 5) is 7.84. The summed E-state index contributed by atoms with van der Waals surface area (Å²) in [5.41, 5.74) is 3.10. The average molecular weight is 538 g/mol. The van der Waals surface area contributed by atoms with E-state index in [0.717, 1.165) is 25.0 Å². The minimum absolute atomic E-state index is 0. The number of rotatable bonds is 9. The van der Waals surface area contributed by atoms with Gasteiger partial charge in [0.15, 0.2) is 5.96 Å². The molecule has 1 aromatic heterocycles. The number of nitrogens with one attached hydrogen (secondary N) is 3. The number of aliphatic hydroxyl groups is 1. The maximum absolute atomic E-state index is 10.6. The molecule has 0 aliphatic carbocycles. The molecule has 0 aliphatic heterocycles. The Morgan fingerprint density at radius 3 is 2.48 bits per heavy atom. The third kappa shape index (κ3) is 6.76. The van der Waals surface area contributed by atoms with E-state index in [-0.39, 0.29) is 30.5 Å². The monoisotopic (exact) mass is 538 g/mol. The smallest absolute Gasteiger partial charge is 0.191 e. The molecule has 2 aromatic carbocycles. The fourth-order valence-corrected chi connectivity index (χ4v) is 3.30. The molecule has 1 unspecified atom stereocenters. The van der Waals surface area contributed by atoms with Gasteiger partial charge >= 0.3 is 0 Å². The summed E-state index contributed by atoms with van der Waals surface area (Å²) in [6.07, 6.45) is 2.15. The zero-order chi connectivity index (χ0) is 21.3. The minimum atomic E-state index is -0.766. The van der Waals surface area contributed by atoms with Gasteiger partial charge in [-0.05, 0) is 42.7 Å². The number of aromatic nitrogens is 1. The molecule has 0 fully saturated rings. The fraction of sp³-hybridized carbons (Fsp3) is 0.348. The van der Waals surface area contributed by atoms with Crippen molar-refractivity contribution in [3.05, 3.63) is 59.8 Å². The number of ether oxygens (including phenoxy) is 2. The first kappa shape index (κ1) is 24.8. The first-order valence-electron chi connectivity index (χ1n) is 10.1. The first-order chi connectivity index (χ1) is 14.6. The van der Waals surface area contributed by atoms with Crippen molar-refractivity contribution in [2.45, 2.75) is 19.4 Å². The molecule has 8 heteroatoms. The Morgan fingerprint density at radius 1 is 1.10 bits per heavy atom. The van der Waals surface area contributed by atoms with Gasteiger partial charge in [-0.3, -0.25) is 4.99 Å². The van der Waals surface area contributed by atoms with Crippen LogP contribution in [0.3, 0.4) is 0 Å². The number of benzene rings is 2. The molecule has 0 amide bonds. The topological polar surface area (TPSA) is 90.9 Å². The average Bonchev–Trinajstić information content (AvgIpc) is 3.20. The van der Waals surface area contributed by atoms with Crippen LogP contribution in [0.4, 0.5) is 0 Å². The summed E-state index contributed by atoms with van der Waals surface area (Å²) < 4.78 is 10.6. The molecule has 31 heavy (non-hydrogen) atoms. The molecule has 7 nitrogen and oxygen atoms in total. The zero-order valence-corrected chi connectivity index (χ0v) is 20.5. The van der Waals surface area contributed by atoms with Crippen molar-refractivity contribution >= 4 is 40.8 Å². The number of halogens is 1. The molecule has 0 aliphatic rings. The predicted molar refractivity (Wildman–Crippen MR) is 136 cm³/mol. The Kier molecular flexibility index (Phi) is 9.93. The van der Waals surface area contributed by atoms with Crippen LogP contribution in [-0.4, -0.2) is 49.9 Å². The van der Waals surface area contributed by atoms with Gasteiger partial charge in [0.05, 0.1) is 26.9 Å². The van der Waals surface area contributed by atoms with Gasteiger partial charge in [-0.15, -0.1) is 24.0 Å². The van der Waals surface area contributed by atoms with Crippen molar-refractivity contribution in [3.8, 4) is 11.5 Å². The molecule has 0 bridgehead atoms. The Labute approximate surface area is 200 Å². The summed E-state index contributed by atoms with van der Waals surface area (Å²) in [6.45, 7) is 3.71. The van der Waals surface area contributed by atoms with Gasteiger partial charge in [0, 0.05) is 36.3 Å². The first-order valence-corrected chi connectivity index (χ1v) is 10.1. The van der Waals surface area contributed by atoms with Gasteiger partial charge in [-0.25, -0.2) is 0 Å². The van der Waals surface area contributed by atoms with E-state index in [1.165, 1.54) is 10.9 Å². The van der Waals surface area contributed by atoms with Gasteiger partial charge in [0.25, 0.3) is 0 Å². The van der Waals surface area contributed by atoms with Crippen LogP contribution in [0.15, 0.2) is 53.7 Å². The van der Waals surface area contributed by atoms with Crippen LogP contribution in [0.1, 0.15) is 24.2 Å². The van der Waals surface area contributed by atoms with E-state index < -0.39 is 6.10 Å². The number of H-pyrrole nitrogens is 1. The second-order valence-electron chi connectivity index (χ2n) is 6.92. The SMILES string of the molecule is CCNC(=NCC(O)c1cc(OC)cc(OC)c1)NCCc1c[nH]c2ccccc12.I. The summed E-state index contributed by atoms with van der Waals surface area (Å²) in [6, 6.07) is 13.6. The van der Waals surface area contributed by atoms with Gasteiger partial charge in [0.1, 0.15) is 11.5 Å². The van der Waals surface area contributed by atoms with Crippen LogP contribution in [0.5, 0.6) is 11.5 Å². The van der Waals surface area contributed by atoms with E-state index in [4.69, 9.17) is 9.47 Å². The van der Waals surface area contributed by atoms with Crippen molar-refractivity contribution in [2.75, 3.05) is 33.9 Å². The minimum Gasteiger partial charge on any atom is -0.497 e. The molecular weight excluding hydrogens is 507 g/mol. The maximum Gasteiger partial charge on any atom is 0.191 e. The fourth-order valence-electron chi connectivity index (χ4n) is 3.30. The molecule has 1 atom stereocenters. The van der Waals surface area contributed by atoms with Gasteiger partial charge in [0.2, 0.25) is 0 Å². The highest BCUT2D eigenvalue weighted by Gasteiger charge is 2.11. The number of aliphatic imine (C=N–C) groups is 1. The third-order valence-electron chi connectivity index (χ3n) is 4.89. The number of para-hydroxylation sites is 1. The predicted octanol–water partition coefficient (Wildman–Crippen LogP) is 3.63. The quantitative estimate of drug-likeness (QED) is 0.190. The van der Waals surface area contributed by atoms with E-state index in [1.54, 1.807) is 32.4 Å². The summed E-state index contributed by atoms with van der Waals surface area (Å²) in [5, 5.41) is 18.4. The number of aliphatic hydroxyl groups excluding tert-OH is 1. The van der Waals surface area contributed by atoms with Crippen LogP contribution in [0.2, 0.25) is 0 Å². The van der Waals surface area contributed by atoms with Gasteiger partial charge < -0.3 is 30.2 Å². The lowest BCUT2D eigenvalue weighted by molar-refractivity contribution is 0.186. The van der Waals surface area contributed by atoms with Crippen molar-refractivity contribution in [3.63, 3.8) is 0 Å². The number of aromatic amines is 1. The van der Waals surface area contributed by atoms with Crippen LogP contribution < -0.4 is 20.1 Å². The van der Waals surface area contributed by atoms with Crippen LogP contribution in [0, 0.1) is 0 Å². The number of guanidine groups is 1. The van der Waals surface area contributed by atoms with Crippen LogP contribution >= 0.6 is 24.0 Å². The Bertz CT molecular complexity index is 968. The van der Waals surface area contributed by atoms with Crippen molar-refractivity contribution in [1.82, 2.24) is 15.6 Å². The van der Waals surface area contributed by atoms with E-state index in [0.29, 0.717) is 23.0 Å².